The zero-order valence-electron chi connectivity index (χ0n) is 9.39. The van der Waals surface area contributed by atoms with Crippen molar-refractivity contribution in [2.24, 2.45) is 0 Å². The van der Waals surface area contributed by atoms with Gasteiger partial charge in [0.15, 0.2) is 9.84 Å². The SMILES string of the molecule is CN(C(=O)[C@@H]1CCCO1)[C@@H]1CCS(=O)(=O)C1. The van der Waals surface area contributed by atoms with Gasteiger partial charge >= 0.3 is 0 Å². The number of sulfone groups is 1. The van der Waals surface area contributed by atoms with Crippen LogP contribution < -0.4 is 0 Å². The molecule has 2 fully saturated rings. The molecule has 0 aliphatic carbocycles. The third-order valence-electron chi connectivity index (χ3n) is 3.31. The number of carbonyl (C=O) groups is 1. The summed E-state index contributed by atoms with van der Waals surface area (Å²) in [5.41, 5.74) is 0. The van der Waals surface area contributed by atoms with Crippen LogP contribution in [0.4, 0.5) is 0 Å². The lowest BCUT2D eigenvalue weighted by atomic mass is 10.1. The number of hydrogen-bond acceptors (Lipinski definition) is 4. The zero-order valence-corrected chi connectivity index (χ0v) is 10.2. The van der Waals surface area contributed by atoms with E-state index in [4.69, 9.17) is 4.74 Å². The van der Waals surface area contributed by atoms with Crippen molar-refractivity contribution in [2.75, 3.05) is 25.2 Å². The molecule has 2 saturated heterocycles. The standard InChI is InChI=1S/C10H17NO4S/c1-11(8-4-6-16(13,14)7-8)10(12)9-3-2-5-15-9/h8-9H,2-7H2,1H3/t8-,9+/m1/s1. The van der Waals surface area contributed by atoms with Crippen LogP contribution in [0.15, 0.2) is 0 Å². The third kappa shape index (κ3) is 2.38. The Kier molecular flexibility index (Phi) is 3.21. The van der Waals surface area contributed by atoms with Gasteiger partial charge < -0.3 is 9.64 Å². The summed E-state index contributed by atoms with van der Waals surface area (Å²) >= 11 is 0. The molecule has 92 valence electrons. The lowest BCUT2D eigenvalue weighted by molar-refractivity contribution is -0.141. The number of likely N-dealkylation sites (N-methyl/N-ethyl adjacent to an activating group) is 1. The van der Waals surface area contributed by atoms with Crippen molar-refractivity contribution in [2.45, 2.75) is 31.4 Å². The van der Waals surface area contributed by atoms with Crippen molar-refractivity contribution < 1.29 is 17.9 Å². The predicted octanol–water partition coefficient (Wildman–Crippen LogP) is -0.189. The summed E-state index contributed by atoms with van der Waals surface area (Å²) < 4.78 is 27.9. The van der Waals surface area contributed by atoms with Crippen LogP contribution in [0, 0.1) is 0 Å². The molecule has 0 aromatic carbocycles. The number of rotatable bonds is 2. The van der Waals surface area contributed by atoms with Gasteiger partial charge in [-0.25, -0.2) is 8.42 Å². The average Bonchev–Trinajstić information content (AvgIpc) is 2.84. The van der Waals surface area contributed by atoms with Crippen LogP contribution in [-0.4, -0.2) is 56.5 Å². The molecule has 0 aromatic heterocycles. The monoisotopic (exact) mass is 247 g/mol. The quantitative estimate of drug-likeness (QED) is 0.678. The Balaban J connectivity index is 1.97. The molecule has 0 bridgehead atoms. The van der Waals surface area contributed by atoms with Gasteiger partial charge in [0, 0.05) is 19.7 Å². The van der Waals surface area contributed by atoms with Crippen molar-refractivity contribution in [1.82, 2.24) is 4.90 Å². The maximum Gasteiger partial charge on any atom is 0.251 e. The van der Waals surface area contributed by atoms with E-state index in [1.165, 1.54) is 0 Å². The lowest BCUT2D eigenvalue weighted by Crippen LogP contribution is -2.43. The Labute approximate surface area is 95.7 Å². The predicted molar refractivity (Wildman–Crippen MR) is 58.8 cm³/mol. The summed E-state index contributed by atoms with van der Waals surface area (Å²) in [6.45, 7) is 0.632. The van der Waals surface area contributed by atoms with E-state index in [2.05, 4.69) is 0 Å². The Bertz CT molecular complexity index is 372. The maximum atomic E-state index is 11.9. The lowest BCUT2D eigenvalue weighted by Gasteiger charge is -2.25. The molecule has 6 heteroatoms. The summed E-state index contributed by atoms with van der Waals surface area (Å²) in [5, 5.41) is 0. The fraction of sp³-hybridized carbons (Fsp3) is 0.900. The van der Waals surface area contributed by atoms with E-state index in [1.807, 2.05) is 0 Å². The smallest absolute Gasteiger partial charge is 0.251 e. The molecule has 2 aliphatic heterocycles. The van der Waals surface area contributed by atoms with Gasteiger partial charge in [0.1, 0.15) is 6.10 Å². The zero-order chi connectivity index (χ0) is 11.8. The van der Waals surface area contributed by atoms with Crippen molar-refractivity contribution >= 4 is 15.7 Å². The fourth-order valence-corrected chi connectivity index (χ4v) is 4.03. The van der Waals surface area contributed by atoms with E-state index in [-0.39, 0.29) is 29.6 Å². The summed E-state index contributed by atoms with van der Waals surface area (Å²) in [6.07, 6.45) is 1.86. The third-order valence-corrected chi connectivity index (χ3v) is 5.06. The molecule has 0 spiro atoms. The molecule has 0 radical (unpaired) electrons. The fourth-order valence-electron chi connectivity index (χ4n) is 2.26. The Morgan fingerprint density at radius 1 is 1.38 bits per heavy atom. The first kappa shape index (κ1) is 11.9. The molecule has 0 N–H and O–H groups in total. The first-order valence-corrected chi connectivity index (χ1v) is 7.40. The highest BCUT2D eigenvalue weighted by atomic mass is 32.2. The van der Waals surface area contributed by atoms with Gasteiger partial charge in [0.25, 0.3) is 5.91 Å². The van der Waals surface area contributed by atoms with E-state index in [1.54, 1.807) is 11.9 Å². The topological polar surface area (TPSA) is 63.7 Å². The number of amides is 1. The van der Waals surface area contributed by atoms with Crippen molar-refractivity contribution in [3.05, 3.63) is 0 Å². The second kappa shape index (κ2) is 4.33. The first-order chi connectivity index (χ1) is 7.49. The molecule has 5 nitrogen and oxygen atoms in total. The largest absolute Gasteiger partial charge is 0.368 e. The van der Waals surface area contributed by atoms with Crippen LogP contribution in [0.3, 0.4) is 0 Å². The molecule has 0 aromatic rings. The van der Waals surface area contributed by atoms with Gasteiger partial charge in [-0.2, -0.15) is 0 Å². The molecular formula is C10H17NO4S. The molecule has 0 unspecified atom stereocenters. The van der Waals surface area contributed by atoms with Crippen LogP contribution in [0.1, 0.15) is 19.3 Å². The summed E-state index contributed by atoms with van der Waals surface area (Å²) in [7, 11) is -1.26. The van der Waals surface area contributed by atoms with Gasteiger partial charge in [-0.3, -0.25) is 4.79 Å². The molecule has 16 heavy (non-hydrogen) atoms. The molecular weight excluding hydrogens is 230 g/mol. The van der Waals surface area contributed by atoms with E-state index in [9.17, 15) is 13.2 Å². The second-order valence-corrected chi connectivity index (χ2v) is 6.74. The summed E-state index contributed by atoms with van der Waals surface area (Å²) in [4.78, 5) is 13.5. The maximum absolute atomic E-state index is 11.9. The Morgan fingerprint density at radius 3 is 2.62 bits per heavy atom. The van der Waals surface area contributed by atoms with Crippen LogP contribution in [0.5, 0.6) is 0 Å². The van der Waals surface area contributed by atoms with E-state index in [0.29, 0.717) is 13.0 Å². The van der Waals surface area contributed by atoms with Crippen LogP contribution in [0.2, 0.25) is 0 Å². The molecule has 2 aliphatic rings. The van der Waals surface area contributed by atoms with Gasteiger partial charge in [-0.15, -0.1) is 0 Å². The number of hydrogen-bond donors (Lipinski definition) is 0. The van der Waals surface area contributed by atoms with Gasteiger partial charge in [-0.05, 0) is 19.3 Å². The van der Waals surface area contributed by atoms with Gasteiger partial charge in [0.2, 0.25) is 0 Å². The molecule has 0 saturated carbocycles. The van der Waals surface area contributed by atoms with E-state index in [0.717, 1.165) is 12.8 Å². The first-order valence-electron chi connectivity index (χ1n) is 5.58. The Morgan fingerprint density at radius 2 is 2.12 bits per heavy atom. The number of ether oxygens (including phenoxy) is 1. The highest BCUT2D eigenvalue weighted by molar-refractivity contribution is 7.91. The molecule has 1 amide bonds. The number of nitrogens with zero attached hydrogens (tertiary/aromatic N) is 1. The highest BCUT2D eigenvalue weighted by Gasteiger charge is 2.36. The normalized spacial score (nSPS) is 32.8. The van der Waals surface area contributed by atoms with Crippen molar-refractivity contribution in [1.29, 1.82) is 0 Å². The average molecular weight is 247 g/mol. The Hall–Kier alpha value is -0.620. The second-order valence-electron chi connectivity index (χ2n) is 4.51. The molecule has 2 heterocycles. The van der Waals surface area contributed by atoms with Crippen molar-refractivity contribution in [3.63, 3.8) is 0 Å². The summed E-state index contributed by atoms with van der Waals surface area (Å²) in [5.74, 6) is 0.225. The van der Waals surface area contributed by atoms with Crippen LogP contribution in [0.25, 0.3) is 0 Å². The van der Waals surface area contributed by atoms with E-state index < -0.39 is 9.84 Å². The van der Waals surface area contributed by atoms with E-state index >= 15 is 0 Å². The van der Waals surface area contributed by atoms with Gasteiger partial charge in [-0.1, -0.05) is 0 Å². The minimum absolute atomic E-state index is 0.0698. The molecule has 2 atom stereocenters. The van der Waals surface area contributed by atoms with Crippen molar-refractivity contribution in [3.8, 4) is 0 Å². The summed E-state index contributed by atoms with van der Waals surface area (Å²) in [6, 6.07) is -0.165. The number of carbonyl (C=O) groups excluding carboxylic acids is 1. The van der Waals surface area contributed by atoms with Crippen LogP contribution >= 0.6 is 0 Å². The minimum atomic E-state index is -2.93. The molecule has 2 rings (SSSR count). The highest BCUT2D eigenvalue weighted by Crippen LogP contribution is 2.20. The minimum Gasteiger partial charge on any atom is -0.368 e. The van der Waals surface area contributed by atoms with Gasteiger partial charge in [0.05, 0.1) is 11.5 Å². The van der Waals surface area contributed by atoms with Crippen LogP contribution in [-0.2, 0) is 19.4 Å².